The molecule has 0 radical (unpaired) electrons. The molecule has 5 N–H and O–H groups in total. The molecule has 3 heterocycles. The molecule has 11 heteroatoms. The molecule has 2 aromatic rings. The summed E-state index contributed by atoms with van der Waals surface area (Å²) in [5.41, 5.74) is 8.80. The molecule has 3 fully saturated rings. The number of nitrogens with one attached hydrogen (secondary N) is 5. The number of amides is 4. The smallest absolute Gasteiger partial charge is 0.318 e. The van der Waals surface area contributed by atoms with Crippen molar-refractivity contribution < 1.29 is 14.4 Å². The molecular formula is C33H46N8O3. The fourth-order valence-corrected chi connectivity index (χ4v) is 6.76. The number of carbonyl (C=O) groups excluding carboxylic acids is 3. The zero-order chi connectivity index (χ0) is 31.4. The van der Waals surface area contributed by atoms with Crippen LogP contribution in [-0.4, -0.2) is 96.6 Å². The summed E-state index contributed by atoms with van der Waals surface area (Å²) >= 11 is 0. The van der Waals surface area contributed by atoms with E-state index in [1.807, 2.05) is 42.1 Å². The number of hydrogen-bond donors (Lipinski definition) is 5. The van der Waals surface area contributed by atoms with Gasteiger partial charge in [-0.15, -0.1) is 0 Å². The summed E-state index contributed by atoms with van der Waals surface area (Å²) in [6.07, 6.45) is 3.03. The number of hydrogen-bond acceptors (Lipinski definition) is 7. The maximum atomic E-state index is 13.8. The molecule has 236 valence electrons. The highest BCUT2D eigenvalue weighted by Crippen LogP contribution is 2.37. The molecule has 4 amide bonds. The van der Waals surface area contributed by atoms with Crippen molar-refractivity contribution >= 4 is 23.5 Å². The number of rotatable bonds is 9. The van der Waals surface area contributed by atoms with Crippen LogP contribution in [0.15, 0.2) is 67.3 Å². The highest BCUT2D eigenvalue weighted by Gasteiger charge is 2.55. The van der Waals surface area contributed by atoms with Crippen molar-refractivity contribution in [3.05, 3.63) is 78.4 Å². The second-order valence-electron chi connectivity index (χ2n) is 12.9. The molecule has 3 aliphatic heterocycles. The van der Waals surface area contributed by atoms with Gasteiger partial charge in [-0.05, 0) is 76.7 Å². The van der Waals surface area contributed by atoms with E-state index in [4.69, 9.17) is 0 Å². The number of hydrazine groups is 1. The van der Waals surface area contributed by atoms with Gasteiger partial charge in [0.15, 0.2) is 0 Å². The number of urea groups is 1. The SMILES string of the molecule is C=CC(=O)Nc1ccc(C(=O)N2CCCC(NC3NNC4C3CN(C(=O)N[C@H](CN(C)C)c3ccccc3)C4(C)C)C2)cc1. The lowest BCUT2D eigenvalue weighted by molar-refractivity contribution is -0.111. The van der Waals surface area contributed by atoms with Crippen LogP contribution in [0, 0.1) is 5.92 Å². The zero-order valence-corrected chi connectivity index (χ0v) is 26.2. The first kappa shape index (κ1) is 31.6. The molecule has 2 aromatic carbocycles. The third-order valence-corrected chi connectivity index (χ3v) is 9.10. The minimum Gasteiger partial charge on any atom is -0.337 e. The van der Waals surface area contributed by atoms with Gasteiger partial charge in [0.25, 0.3) is 5.91 Å². The van der Waals surface area contributed by atoms with Gasteiger partial charge in [0.05, 0.1) is 23.8 Å². The first-order valence-corrected chi connectivity index (χ1v) is 15.4. The van der Waals surface area contributed by atoms with E-state index in [9.17, 15) is 14.4 Å². The minimum atomic E-state index is -0.413. The van der Waals surface area contributed by atoms with E-state index in [-0.39, 0.29) is 48.1 Å². The summed E-state index contributed by atoms with van der Waals surface area (Å²) in [6.45, 7) is 10.3. The maximum Gasteiger partial charge on any atom is 0.318 e. The summed E-state index contributed by atoms with van der Waals surface area (Å²) in [5.74, 6) is -0.158. The molecule has 11 nitrogen and oxygen atoms in total. The van der Waals surface area contributed by atoms with Gasteiger partial charge < -0.3 is 25.3 Å². The molecule has 5 rings (SSSR count). The van der Waals surface area contributed by atoms with Gasteiger partial charge >= 0.3 is 6.03 Å². The third kappa shape index (κ3) is 6.96. The average molecular weight is 603 g/mol. The standard InChI is InChI=1S/C33H46N8O3/c1-6-28(42)34-24-16-14-23(15-17-24)31(43)40-18-10-13-25(19-40)35-30-26-20-41(33(2,3)29(26)37-38-30)32(44)36-27(21-39(4)5)22-11-8-7-9-12-22/h6-9,11-12,14-17,25-27,29-30,35,37-38H,1,10,13,18-21H2,2-5H3,(H,34,42)(H,36,44)/t25?,26?,27-,29?,30?/m1/s1. The van der Waals surface area contributed by atoms with Crippen molar-refractivity contribution in [2.75, 3.05) is 45.6 Å². The van der Waals surface area contributed by atoms with Gasteiger partial charge in [0, 0.05) is 49.4 Å². The maximum absolute atomic E-state index is 13.8. The van der Waals surface area contributed by atoms with Crippen molar-refractivity contribution in [2.24, 2.45) is 5.92 Å². The highest BCUT2D eigenvalue weighted by atomic mass is 16.2. The minimum absolute atomic E-state index is 0.0241. The Morgan fingerprint density at radius 2 is 1.80 bits per heavy atom. The fourth-order valence-electron chi connectivity index (χ4n) is 6.76. The van der Waals surface area contributed by atoms with E-state index in [0.29, 0.717) is 37.4 Å². The Morgan fingerprint density at radius 1 is 1.07 bits per heavy atom. The van der Waals surface area contributed by atoms with Gasteiger partial charge in [0.1, 0.15) is 0 Å². The van der Waals surface area contributed by atoms with Crippen molar-refractivity contribution in [2.45, 2.75) is 56.5 Å². The zero-order valence-electron chi connectivity index (χ0n) is 26.2. The quantitative estimate of drug-likeness (QED) is 0.280. The van der Waals surface area contributed by atoms with Gasteiger partial charge in [-0.3, -0.25) is 20.3 Å². The number of fused-ring (bicyclic) bond motifs is 1. The number of likely N-dealkylation sites (tertiary alicyclic amines) is 2. The number of piperidine rings is 1. The summed E-state index contributed by atoms with van der Waals surface area (Å²) in [5, 5.41) is 9.78. The fraction of sp³-hybridized carbons (Fsp3) is 0.485. The van der Waals surface area contributed by atoms with Crippen LogP contribution in [0.2, 0.25) is 0 Å². The predicted octanol–water partition coefficient (Wildman–Crippen LogP) is 2.53. The van der Waals surface area contributed by atoms with E-state index in [1.54, 1.807) is 24.3 Å². The lowest BCUT2D eigenvalue weighted by Gasteiger charge is -2.37. The molecule has 0 spiro atoms. The Hall–Kier alpha value is -3.77. The van der Waals surface area contributed by atoms with Crippen LogP contribution >= 0.6 is 0 Å². The Morgan fingerprint density at radius 3 is 2.48 bits per heavy atom. The topological polar surface area (TPSA) is 121 Å². The lowest BCUT2D eigenvalue weighted by atomic mass is 9.89. The first-order valence-electron chi connectivity index (χ1n) is 15.4. The Balaban J connectivity index is 1.20. The van der Waals surface area contributed by atoms with Gasteiger partial charge in [-0.25, -0.2) is 10.2 Å². The van der Waals surface area contributed by atoms with Crippen molar-refractivity contribution in [3.63, 3.8) is 0 Å². The van der Waals surface area contributed by atoms with Crippen LogP contribution in [-0.2, 0) is 4.79 Å². The van der Waals surface area contributed by atoms with E-state index in [2.05, 4.69) is 64.3 Å². The predicted molar refractivity (Wildman–Crippen MR) is 172 cm³/mol. The van der Waals surface area contributed by atoms with Crippen molar-refractivity contribution in [3.8, 4) is 0 Å². The van der Waals surface area contributed by atoms with Crippen LogP contribution in [0.25, 0.3) is 0 Å². The molecule has 5 atom stereocenters. The van der Waals surface area contributed by atoms with Crippen molar-refractivity contribution in [1.82, 2.24) is 36.2 Å². The lowest BCUT2D eigenvalue weighted by Crippen LogP contribution is -2.58. The van der Waals surface area contributed by atoms with Gasteiger partial charge in [-0.2, -0.15) is 0 Å². The second-order valence-corrected chi connectivity index (χ2v) is 12.9. The molecule has 4 unspecified atom stereocenters. The average Bonchev–Trinajstić information content (AvgIpc) is 3.54. The molecule has 0 aromatic heterocycles. The Labute approximate surface area is 260 Å². The monoisotopic (exact) mass is 602 g/mol. The summed E-state index contributed by atoms with van der Waals surface area (Å²) in [4.78, 5) is 44.6. The summed E-state index contributed by atoms with van der Waals surface area (Å²) < 4.78 is 0. The Bertz CT molecular complexity index is 1330. The largest absolute Gasteiger partial charge is 0.337 e. The molecule has 3 aliphatic rings. The molecule has 3 saturated heterocycles. The van der Waals surface area contributed by atoms with Crippen LogP contribution in [0.1, 0.15) is 48.7 Å². The summed E-state index contributed by atoms with van der Waals surface area (Å²) in [7, 11) is 4.03. The number of benzene rings is 2. The number of anilines is 1. The van der Waals surface area contributed by atoms with Crippen LogP contribution in [0.3, 0.4) is 0 Å². The van der Waals surface area contributed by atoms with Gasteiger partial charge in [-0.1, -0.05) is 36.9 Å². The van der Waals surface area contributed by atoms with E-state index >= 15 is 0 Å². The van der Waals surface area contributed by atoms with Crippen LogP contribution < -0.4 is 26.8 Å². The highest BCUT2D eigenvalue weighted by molar-refractivity contribution is 5.99. The molecular weight excluding hydrogens is 556 g/mol. The molecule has 0 saturated carbocycles. The van der Waals surface area contributed by atoms with E-state index in [1.165, 1.54) is 6.08 Å². The van der Waals surface area contributed by atoms with Crippen LogP contribution in [0.4, 0.5) is 10.5 Å². The molecule has 44 heavy (non-hydrogen) atoms. The number of likely N-dealkylation sites (N-methyl/N-ethyl adjacent to an activating group) is 1. The third-order valence-electron chi connectivity index (χ3n) is 9.10. The molecule has 0 bridgehead atoms. The number of nitrogens with zero attached hydrogens (tertiary/aromatic N) is 3. The van der Waals surface area contributed by atoms with E-state index < -0.39 is 5.54 Å². The Kier molecular flexibility index (Phi) is 9.69. The normalized spacial score (nSPS) is 24.9. The van der Waals surface area contributed by atoms with Gasteiger partial charge in [0.2, 0.25) is 5.91 Å². The number of carbonyl (C=O) groups is 3. The van der Waals surface area contributed by atoms with Crippen molar-refractivity contribution in [1.29, 1.82) is 0 Å². The second kappa shape index (κ2) is 13.5. The summed E-state index contributed by atoms with van der Waals surface area (Å²) in [6, 6.07) is 17.0. The molecule has 0 aliphatic carbocycles. The van der Waals surface area contributed by atoms with Crippen LogP contribution in [0.5, 0.6) is 0 Å². The first-order chi connectivity index (χ1) is 21.1. The van der Waals surface area contributed by atoms with E-state index in [0.717, 1.165) is 18.4 Å².